The van der Waals surface area contributed by atoms with Crippen LogP contribution >= 0.6 is 0 Å². The second-order valence-electron chi connectivity index (χ2n) is 5.06. The highest BCUT2D eigenvalue weighted by molar-refractivity contribution is 5.49. The number of anilines is 3. The van der Waals surface area contributed by atoms with Crippen LogP contribution < -0.4 is 20.7 Å². The van der Waals surface area contributed by atoms with Crippen molar-refractivity contribution in [3.05, 3.63) is 11.3 Å². The second-order valence-corrected chi connectivity index (χ2v) is 5.06. The number of nitrogens with two attached hydrogens (primary N) is 1. The van der Waals surface area contributed by atoms with Crippen LogP contribution in [0.1, 0.15) is 32.1 Å². The fraction of sp³-hybridized carbons (Fsp3) is 0.692. The van der Waals surface area contributed by atoms with Gasteiger partial charge < -0.3 is 26.3 Å². The number of piperidine rings is 1. The van der Waals surface area contributed by atoms with Crippen LogP contribution in [0.15, 0.2) is 6.07 Å². The molecule has 0 bridgehead atoms. The third kappa shape index (κ3) is 3.63. The van der Waals surface area contributed by atoms with E-state index in [-0.39, 0.29) is 12.6 Å². The van der Waals surface area contributed by atoms with Crippen molar-refractivity contribution in [1.82, 2.24) is 4.98 Å². The molecule has 2 rings (SSSR count). The highest BCUT2D eigenvalue weighted by Crippen LogP contribution is 2.20. The first-order valence-corrected chi connectivity index (χ1v) is 7.22. The van der Waals surface area contributed by atoms with E-state index in [1.165, 1.54) is 6.42 Å². The lowest BCUT2D eigenvalue weighted by Gasteiger charge is -2.27. The Morgan fingerprint density at radius 1 is 1.35 bits per heavy atom. The van der Waals surface area contributed by atoms with Gasteiger partial charge in [0.15, 0.2) is 11.6 Å². The number of aliphatic hydroxyl groups is 1. The van der Waals surface area contributed by atoms with Crippen molar-refractivity contribution in [2.24, 2.45) is 0 Å². The molecule has 1 aromatic rings. The average molecular weight is 281 g/mol. The summed E-state index contributed by atoms with van der Waals surface area (Å²) in [6.07, 6.45) is 5.05. The summed E-state index contributed by atoms with van der Waals surface area (Å²) in [4.78, 5) is 6.34. The SMILES string of the molecule is Nc1nc(N2CCCCC2)cc(NCCCCO)[n+]1[O-]. The minimum Gasteiger partial charge on any atom is -0.754 e. The van der Waals surface area contributed by atoms with Gasteiger partial charge in [-0.3, -0.25) is 0 Å². The summed E-state index contributed by atoms with van der Waals surface area (Å²) in [6.45, 7) is 2.71. The van der Waals surface area contributed by atoms with Gasteiger partial charge in [0.1, 0.15) is 0 Å². The predicted octanol–water partition coefficient (Wildman–Crippen LogP) is 0.472. The van der Waals surface area contributed by atoms with E-state index in [2.05, 4.69) is 15.2 Å². The van der Waals surface area contributed by atoms with Crippen molar-refractivity contribution >= 4 is 17.6 Å². The summed E-state index contributed by atoms with van der Waals surface area (Å²) in [6, 6.07) is 1.76. The van der Waals surface area contributed by atoms with Crippen LogP contribution in [0.4, 0.5) is 17.6 Å². The zero-order valence-electron chi connectivity index (χ0n) is 11.7. The summed E-state index contributed by atoms with van der Waals surface area (Å²) >= 11 is 0. The molecule has 112 valence electrons. The molecule has 1 aliphatic rings. The summed E-state index contributed by atoms with van der Waals surface area (Å²) in [5, 5.41) is 23.7. The van der Waals surface area contributed by atoms with Gasteiger partial charge in [0.25, 0.3) is 0 Å². The summed E-state index contributed by atoms with van der Waals surface area (Å²) < 4.78 is 0.617. The van der Waals surface area contributed by atoms with Crippen molar-refractivity contribution in [2.75, 3.05) is 42.2 Å². The Hall–Kier alpha value is -1.76. The quantitative estimate of drug-likeness (QED) is 0.398. The van der Waals surface area contributed by atoms with Gasteiger partial charge >= 0.3 is 5.95 Å². The first kappa shape index (κ1) is 14.6. The average Bonchev–Trinajstić information content (AvgIpc) is 2.48. The first-order chi connectivity index (χ1) is 9.72. The summed E-state index contributed by atoms with van der Waals surface area (Å²) in [5.41, 5.74) is 5.69. The van der Waals surface area contributed by atoms with E-state index in [1.807, 2.05) is 0 Å². The van der Waals surface area contributed by atoms with Gasteiger partial charge in [-0.05, 0) is 32.1 Å². The van der Waals surface area contributed by atoms with Crippen molar-refractivity contribution in [1.29, 1.82) is 0 Å². The first-order valence-electron chi connectivity index (χ1n) is 7.22. The molecular weight excluding hydrogens is 258 g/mol. The zero-order valence-corrected chi connectivity index (χ0v) is 11.7. The number of rotatable bonds is 6. The molecular formula is C13H23N5O2. The van der Waals surface area contributed by atoms with Crippen LogP contribution in [0, 0.1) is 5.21 Å². The smallest absolute Gasteiger partial charge is 0.346 e. The Labute approximate surface area is 119 Å². The normalized spacial score (nSPS) is 15.3. The molecule has 0 saturated carbocycles. The third-order valence-corrected chi connectivity index (χ3v) is 3.49. The molecule has 7 heteroatoms. The molecule has 0 unspecified atom stereocenters. The number of unbranched alkanes of at least 4 members (excludes halogenated alkanes) is 1. The lowest BCUT2D eigenvalue weighted by molar-refractivity contribution is -0.577. The number of aromatic nitrogens is 2. The molecule has 0 aromatic carbocycles. The van der Waals surface area contributed by atoms with E-state index < -0.39 is 0 Å². The maximum absolute atomic E-state index is 11.9. The number of nitrogen functional groups attached to an aromatic ring is 1. The molecule has 20 heavy (non-hydrogen) atoms. The molecule has 0 aliphatic carbocycles. The van der Waals surface area contributed by atoms with Crippen LogP contribution in [0.25, 0.3) is 0 Å². The Morgan fingerprint density at radius 3 is 2.80 bits per heavy atom. The van der Waals surface area contributed by atoms with E-state index in [1.54, 1.807) is 6.07 Å². The van der Waals surface area contributed by atoms with Gasteiger partial charge in [-0.2, -0.15) is 0 Å². The molecule has 0 atom stereocenters. The number of hydrogen-bond acceptors (Lipinski definition) is 6. The molecule has 1 fully saturated rings. The molecule has 0 radical (unpaired) electrons. The van der Waals surface area contributed by atoms with Gasteiger partial charge in [0, 0.05) is 26.2 Å². The highest BCUT2D eigenvalue weighted by Gasteiger charge is 2.18. The Bertz CT molecular complexity index is 435. The van der Waals surface area contributed by atoms with E-state index in [9.17, 15) is 5.21 Å². The standard InChI is InChI=1S/C13H23N5O2/c14-13-16-12(17-7-3-1-4-8-17)10-11(18(13)20)15-6-2-5-9-19/h10,15,19H,1-9H2,(H2,14,16). The molecule has 1 saturated heterocycles. The topological polar surface area (TPSA) is 101 Å². The molecule has 1 aromatic heterocycles. The maximum Gasteiger partial charge on any atom is 0.346 e. The van der Waals surface area contributed by atoms with Gasteiger partial charge in [0.05, 0.1) is 6.07 Å². The molecule has 4 N–H and O–H groups in total. The molecule has 2 heterocycles. The minimum atomic E-state index is -0.0299. The molecule has 0 amide bonds. The number of nitrogens with one attached hydrogen (secondary N) is 1. The van der Waals surface area contributed by atoms with Crippen molar-refractivity contribution < 1.29 is 9.84 Å². The minimum absolute atomic E-state index is 0.0299. The number of nitrogens with zero attached hydrogens (tertiary/aromatic N) is 3. The lowest BCUT2D eigenvalue weighted by atomic mass is 10.1. The van der Waals surface area contributed by atoms with Crippen LogP contribution in [0.5, 0.6) is 0 Å². The second kappa shape index (κ2) is 7.14. The van der Waals surface area contributed by atoms with Crippen molar-refractivity contribution in [2.45, 2.75) is 32.1 Å². The van der Waals surface area contributed by atoms with Gasteiger partial charge in [-0.15, -0.1) is 0 Å². The van der Waals surface area contributed by atoms with E-state index in [4.69, 9.17) is 10.8 Å². The van der Waals surface area contributed by atoms with Crippen LogP contribution in [0.3, 0.4) is 0 Å². The lowest BCUT2D eigenvalue weighted by Crippen LogP contribution is -2.38. The monoisotopic (exact) mass is 281 g/mol. The predicted molar refractivity (Wildman–Crippen MR) is 78.5 cm³/mol. The summed E-state index contributed by atoms with van der Waals surface area (Å²) in [7, 11) is 0. The fourth-order valence-corrected chi connectivity index (χ4v) is 2.36. The largest absolute Gasteiger partial charge is 0.754 e. The van der Waals surface area contributed by atoms with Gasteiger partial charge in [-0.25, -0.2) is 4.73 Å². The maximum atomic E-state index is 11.9. The van der Waals surface area contributed by atoms with Crippen molar-refractivity contribution in [3.8, 4) is 0 Å². The van der Waals surface area contributed by atoms with E-state index >= 15 is 0 Å². The number of hydrogen-bond donors (Lipinski definition) is 3. The summed E-state index contributed by atoms with van der Waals surface area (Å²) in [5.74, 6) is 1.16. The third-order valence-electron chi connectivity index (χ3n) is 3.49. The van der Waals surface area contributed by atoms with Crippen LogP contribution in [-0.4, -0.2) is 36.3 Å². The van der Waals surface area contributed by atoms with E-state index in [0.29, 0.717) is 23.5 Å². The van der Waals surface area contributed by atoms with Gasteiger partial charge in [-0.1, -0.05) is 4.98 Å². The van der Waals surface area contributed by atoms with Crippen molar-refractivity contribution in [3.63, 3.8) is 0 Å². The molecule has 0 spiro atoms. The van der Waals surface area contributed by atoms with E-state index in [0.717, 1.165) is 38.2 Å². The Kier molecular flexibility index (Phi) is 5.23. The zero-order chi connectivity index (χ0) is 14.4. The van der Waals surface area contributed by atoms with Crippen LogP contribution in [0.2, 0.25) is 0 Å². The molecule has 7 nitrogen and oxygen atoms in total. The molecule has 1 aliphatic heterocycles. The highest BCUT2D eigenvalue weighted by atomic mass is 16.5. The fourth-order valence-electron chi connectivity index (χ4n) is 2.36. The van der Waals surface area contributed by atoms with Crippen LogP contribution in [-0.2, 0) is 0 Å². The van der Waals surface area contributed by atoms with Gasteiger partial charge in [0.2, 0.25) is 0 Å². The Morgan fingerprint density at radius 2 is 2.10 bits per heavy atom. The number of aliphatic hydroxyl groups excluding tert-OH is 1. The Balaban J connectivity index is 2.07.